The molecule has 0 saturated heterocycles. The van der Waals surface area contributed by atoms with Crippen LogP contribution in [0.4, 0.5) is 11.4 Å². The Balaban J connectivity index is 2.81. The number of nitrogens with one attached hydrogen (secondary N) is 1. The van der Waals surface area contributed by atoms with Crippen molar-refractivity contribution >= 4 is 17.3 Å². The second kappa shape index (κ2) is 5.97. The van der Waals surface area contributed by atoms with Gasteiger partial charge in [-0.15, -0.1) is 0 Å². The molecule has 1 atom stereocenters. The summed E-state index contributed by atoms with van der Waals surface area (Å²) in [6.45, 7) is 3.67. The van der Waals surface area contributed by atoms with E-state index in [1.54, 1.807) is 0 Å². The summed E-state index contributed by atoms with van der Waals surface area (Å²) in [6, 6.07) is 5.16. The molecule has 0 bridgehead atoms. The van der Waals surface area contributed by atoms with Gasteiger partial charge in [-0.2, -0.15) is 5.90 Å². The molecule has 0 radical (unpaired) electrons. The minimum absolute atomic E-state index is 0.0111. The zero-order valence-corrected chi connectivity index (χ0v) is 10.1. The van der Waals surface area contributed by atoms with E-state index in [9.17, 15) is 14.9 Å². The lowest BCUT2D eigenvalue weighted by Crippen LogP contribution is -2.37. The number of rotatable bonds is 5. The normalized spacial score (nSPS) is 12.0. The van der Waals surface area contributed by atoms with Crippen molar-refractivity contribution in [2.45, 2.75) is 19.9 Å². The molecule has 0 fully saturated rings. The van der Waals surface area contributed by atoms with Crippen molar-refractivity contribution in [3.05, 3.63) is 34.4 Å². The number of hydrogen-bond acceptors (Lipinski definition) is 6. The number of nitrogens with two attached hydrogens (primary N) is 1. The Labute approximate surface area is 104 Å². The van der Waals surface area contributed by atoms with Crippen molar-refractivity contribution in [2.75, 3.05) is 5.32 Å². The Bertz CT molecular complexity index is 430. The van der Waals surface area contributed by atoms with Crippen LogP contribution < -0.4 is 11.2 Å². The SMILES string of the molecule is CC(C)[C@H](Nc1ccc([N+](=O)[O-])cc1)C(=O)ON. The van der Waals surface area contributed by atoms with E-state index in [2.05, 4.69) is 10.2 Å². The van der Waals surface area contributed by atoms with Gasteiger partial charge in [0.25, 0.3) is 5.69 Å². The molecule has 0 aliphatic carbocycles. The van der Waals surface area contributed by atoms with Crippen LogP contribution in [0.15, 0.2) is 24.3 Å². The highest BCUT2D eigenvalue weighted by molar-refractivity contribution is 5.79. The molecule has 0 aliphatic heterocycles. The predicted octanol–water partition coefficient (Wildman–Crippen LogP) is 1.45. The molecule has 0 aromatic heterocycles. The standard InChI is InChI=1S/C11H15N3O4/c1-7(2)10(11(15)18-12)13-8-3-5-9(6-4-8)14(16)17/h3-7,10,13H,12H2,1-2H3/t10-/m0/s1. The molecule has 18 heavy (non-hydrogen) atoms. The molecule has 0 saturated carbocycles. The highest BCUT2D eigenvalue weighted by Crippen LogP contribution is 2.18. The van der Waals surface area contributed by atoms with Crippen molar-refractivity contribution in [1.82, 2.24) is 0 Å². The number of nitro benzene ring substituents is 1. The second-order valence-corrected chi connectivity index (χ2v) is 4.11. The molecular weight excluding hydrogens is 238 g/mol. The van der Waals surface area contributed by atoms with Crippen LogP contribution >= 0.6 is 0 Å². The van der Waals surface area contributed by atoms with Gasteiger partial charge in [0.2, 0.25) is 0 Å². The molecule has 98 valence electrons. The van der Waals surface area contributed by atoms with Crippen molar-refractivity contribution < 1.29 is 14.6 Å². The highest BCUT2D eigenvalue weighted by Gasteiger charge is 2.23. The van der Waals surface area contributed by atoms with E-state index in [-0.39, 0.29) is 11.6 Å². The minimum atomic E-state index is -0.601. The number of nitrogens with zero attached hydrogens (tertiary/aromatic N) is 1. The molecule has 1 rings (SSSR count). The van der Waals surface area contributed by atoms with E-state index in [0.29, 0.717) is 5.69 Å². The van der Waals surface area contributed by atoms with Gasteiger partial charge in [0.15, 0.2) is 0 Å². The minimum Gasteiger partial charge on any atom is -0.372 e. The van der Waals surface area contributed by atoms with Gasteiger partial charge in [0, 0.05) is 17.8 Å². The van der Waals surface area contributed by atoms with Crippen LogP contribution in [0, 0.1) is 16.0 Å². The summed E-state index contributed by atoms with van der Waals surface area (Å²) in [4.78, 5) is 25.6. The first-order chi connectivity index (χ1) is 8.45. The number of carbonyl (C=O) groups is 1. The zero-order valence-electron chi connectivity index (χ0n) is 10.1. The van der Waals surface area contributed by atoms with Crippen LogP contribution in [0.25, 0.3) is 0 Å². The Hall–Kier alpha value is -2.15. The maximum Gasteiger partial charge on any atom is 0.347 e. The van der Waals surface area contributed by atoms with Crippen LogP contribution in [0.2, 0.25) is 0 Å². The fourth-order valence-electron chi connectivity index (χ4n) is 1.43. The fraction of sp³-hybridized carbons (Fsp3) is 0.364. The van der Waals surface area contributed by atoms with E-state index in [1.807, 2.05) is 13.8 Å². The lowest BCUT2D eigenvalue weighted by atomic mass is 10.0. The molecule has 0 heterocycles. The quantitative estimate of drug-likeness (QED) is 0.607. The van der Waals surface area contributed by atoms with E-state index in [4.69, 9.17) is 5.90 Å². The van der Waals surface area contributed by atoms with E-state index >= 15 is 0 Å². The van der Waals surface area contributed by atoms with E-state index < -0.39 is 16.9 Å². The average molecular weight is 253 g/mol. The Morgan fingerprint density at radius 1 is 1.39 bits per heavy atom. The topological polar surface area (TPSA) is 107 Å². The summed E-state index contributed by atoms with van der Waals surface area (Å²) in [6.07, 6.45) is 0. The molecule has 1 aromatic rings. The molecule has 0 amide bonds. The third kappa shape index (κ3) is 3.42. The van der Waals surface area contributed by atoms with E-state index in [0.717, 1.165) is 0 Å². The summed E-state index contributed by atoms with van der Waals surface area (Å²) in [5.41, 5.74) is 0.577. The van der Waals surface area contributed by atoms with Crippen molar-refractivity contribution in [1.29, 1.82) is 0 Å². The Morgan fingerprint density at radius 3 is 2.33 bits per heavy atom. The van der Waals surface area contributed by atoms with Gasteiger partial charge >= 0.3 is 5.97 Å². The van der Waals surface area contributed by atoms with Crippen molar-refractivity contribution in [3.8, 4) is 0 Å². The number of hydrogen-bond donors (Lipinski definition) is 2. The molecule has 7 heteroatoms. The average Bonchev–Trinajstić information content (AvgIpc) is 2.35. The number of non-ortho nitro benzene ring substituents is 1. The Morgan fingerprint density at radius 2 is 1.94 bits per heavy atom. The van der Waals surface area contributed by atoms with E-state index in [1.165, 1.54) is 24.3 Å². The van der Waals surface area contributed by atoms with Crippen LogP contribution in [-0.2, 0) is 9.63 Å². The van der Waals surface area contributed by atoms with Crippen LogP contribution in [0.5, 0.6) is 0 Å². The maximum absolute atomic E-state index is 11.4. The van der Waals surface area contributed by atoms with Crippen LogP contribution in [-0.4, -0.2) is 16.9 Å². The second-order valence-electron chi connectivity index (χ2n) is 4.11. The summed E-state index contributed by atoms with van der Waals surface area (Å²) in [5, 5.41) is 13.4. The first-order valence-electron chi connectivity index (χ1n) is 5.37. The van der Waals surface area contributed by atoms with Gasteiger partial charge in [0.1, 0.15) is 6.04 Å². The first-order valence-corrected chi connectivity index (χ1v) is 5.37. The predicted molar refractivity (Wildman–Crippen MR) is 65.6 cm³/mol. The highest BCUT2D eigenvalue weighted by atomic mass is 16.7. The maximum atomic E-state index is 11.4. The summed E-state index contributed by atoms with van der Waals surface area (Å²) < 4.78 is 0. The van der Waals surface area contributed by atoms with Crippen LogP contribution in [0.1, 0.15) is 13.8 Å². The summed E-state index contributed by atoms with van der Waals surface area (Å²) >= 11 is 0. The number of benzene rings is 1. The van der Waals surface area contributed by atoms with Gasteiger partial charge in [-0.1, -0.05) is 13.8 Å². The molecule has 7 nitrogen and oxygen atoms in total. The number of anilines is 1. The fourth-order valence-corrected chi connectivity index (χ4v) is 1.43. The van der Waals surface area contributed by atoms with Gasteiger partial charge in [-0.3, -0.25) is 10.1 Å². The third-order valence-electron chi connectivity index (χ3n) is 2.44. The van der Waals surface area contributed by atoms with Gasteiger partial charge in [-0.25, -0.2) is 4.79 Å². The van der Waals surface area contributed by atoms with Gasteiger partial charge in [0.05, 0.1) is 4.92 Å². The Kier molecular flexibility index (Phi) is 4.61. The number of nitro groups is 1. The molecule has 1 aromatic carbocycles. The molecule has 3 N–H and O–H groups in total. The lowest BCUT2D eigenvalue weighted by Gasteiger charge is -2.20. The van der Waals surface area contributed by atoms with Crippen molar-refractivity contribution in [2.24, 2.45) is 11.8 Å². The number of carbonyl (C=O) groups excluding carboxylic acids is 1. The lowest BCUT2D eigenvalue weighted by molar-refractivity contribution is -0.384. The third-order valence-corrected chi connectivity index (χ3v) is 2.44. The largest absolute Gasteiger partial charge is 0.372 e. The van der Waals surface area contributed by atoms with Gasteiger partial charge < -0.3 is 10.2 Å². The van der Waals surface area contributed by atoms with Gasteiger partial charge in [-0.05, 0) is 18.1 Å². The molecule has 0 aliphatic rings. The van der Waals surface area contributed by atoms with Crippen molar-refractivity contribution in [3.63, 3.8) is 0 Å². The molecule has 0 unspecified atom stereocenters. The summed E-state index contributed by atoms with van der Waals surface area (Å²) in [7, 11) is 0. The first kappa shape index (κ1) is 13.9. The smallest absolute Gasteiger partial charge is 0.347 e. The molecule has 0 spiro atoms. The molecular formula is C11H15N3O4. The zero-order chi connectivity index (χ0) is 13.7. The summed E-state index contributed by atoms with van der Waals surface area (Å²) in [5.74, 6) is 4.24. The van der Waals surface area contributed by atoms with Crippen LogP contribution in [0.3, 0.4) is 0 Å². The monoisotopic (exact) mass is 253 g/mol.